The number of carbonyl (C=O) groups excluding carboxylic acids is 2. The SMILES string of the molecule is COC(=O)c1cc(C)ccc1NC(=O)c1csc(CN)n1. The predicted octanol–water partition coefficient (Wildman–Crippen LogP) is 1.95. The number of amides is 1. The number of hydrogen-bond donors (Lipinski definition) is 2. The number of ether oxygens (including phenoxy) is 1. The molecule has 110 valence electrons. The average molecular weight is 305 g/mol. The molecule has 0 unspecified atom stereocenters. The molecule has 2 aromatic rings. The third kappa shape index (κ3) is 3.45. The molecule has 0 fully saturated rings. The largest absolute Gasteiger partial charge is 0.465 e. The number of thiazole rings is 1. The van der Waals surface area contributed by atoms with E-state index in [0.29, 0.717) is 16.3 Å². The molecule has 0 aliphatic rings. The number of rotatable bonds is 4. The van der Waals surface area contributed by atoms with E-state index in [-0.39, 0.29) is 18.1 Å². The molecule has 1 aromatic carbocycles. The Kier molecular flexibility index (Phi) is 4.66. The van der Waals surface area contributed by atoms with Crippen LogP contribution in [-0.4, -0.2) is 24.0 Å². The Bertz CT molecular complexity index is 682. The minimum Gasteiger partial charge on any atom is -0.465 e. The van der Waals surface area contributed by atoms with Crippen LogP contribution in [0.1, 0.15) is 31.4 Å². The number of nitrogens with one attached hydrogen (secondary N) is 1. The lowest BCUT2D eigenvalue weighted by Gasteiger charge is -2.09. The Morgan fingerprint density at radius 3 is 2.81 bits per heavy atom. The van der Waals surface area contributed by atoms with Gasteiger partial charge in [-0.2, -0.15) is 0 Å². The van der Waals surface area contributed by atoms with Crippen LogP contribution in [0, 0.1) is 6.92 Å². The number of carbonyl (C=O) groups is 2. The number of benzene rings is 1. The van der Waals surface area contributed by atoms with Crippen LogP contribution in [0.15, 0.2) is 23.6 Å². The van der Waals surface area contributed by atoms with E-state index in [1.165, 1.54) is 18.4 Å². The van der Waals surface area contributed by atoms with Crippen LogP contribution in [0.2, 0.25) is 0 Å². The molecule has 0 aliphatic carbocycles. The highest BCUT2D eigenvalue weighted by molar-refractivity contribution is 7.09. The lowest BCUT2D eigenvalue weighted by Crippen LogP contribution is -2.16. The van der Waals surface area contributed by atoms with Gasteiger partial charge in [0.25, 0.3) is 5.91 Å². The van der Waals surface area contributed by atoms with Crippen molar-refractivity contribution in [3.63, 3.8) is 0 Å². The fourth-order valence-electron chi connectivity index (χ4n) is 1.74. The topological polar surface area (TPSA) is 94.3 Å². The quantitative estimate of drug-likeness (QED) is 0.842. The molecular weight excluding hydrogens is 290 g/mol. The van der Waals surface area contributed by atoms with Crippen molar-refractivity contribution in [3.05, 3.63) is 45.4 Å². The Labute approximate surface area is 125 Å². The Morgan fingerprint density at radius 1 is 1.43 bits per heavy atom. The summed E-state index contributed by atoms with van der Waals surface area (Å²) in [5.74, 6) is -0.894. The molecule has 0 saturated heterocycles. The molecule has 1 heterocycles. The number of methoxy groups -OCH3 is 1. The van der Waals surface area contributed by atoms with E-state index in [0.717, 1.165) is 5.56 Å². The summed E-state index contributed by atoms with van der Waals surface area (Å²) in [6.07, 6.45) is 0. The molecule has 3 N–H and O–H groups in total. The number of aryl methyl sites for hydroxylation is 1. The van der Waals surface area contributed by atoms with E-state index in [1.54, 1.807) is 23.6 Å². The molecule has 6 nitrogen and oxygen atoms in total. The van der Waals surface area contributed by atoms with E-state index in [9.17, 15) is 9.59 Å². The van der Waals surface area contributed by atoms with Gasteiger partial charge in [0.1, 0.15) is 10.7 Å². The maximum absolute atomic E-state index is 12.1. The first-order chi connectivity index (χ1) is 10.0. The monoisotopic (exact) mass is 305 g/mol. The lowest BCUT2D eigenvalue weighted by molar-refractivity contribution is 0.0602. The van der Waals surface area contributed by atoms with E-state index in [4.69, 9.17) is 10.5 Å². The predicted molar refractivity (Wildman–Crippen MR) is 80.5 cm³/mol. The van der Waals surface area contributed by atoms with Gasteiger partial charge in [-0.15, -0.1) is 11.3 Å². The first-order valence-corrected chi connectivity index (χ1v) is 7.08. The molecular formula is C14H15N3O3S. The van der Waals surface area contributed by atoms with Crippen molar-refractivity contribution in [1.29, 1.82) is 0 Å². The fourth-order valence-corrected chi connectivity index (χ4v) is 2.40. The van der Waals surface area contributed by atoms with Crippen LogP contribution in [0.25, 0.3) is 0 Å². The van der Waals surface area contributed by atoms with Crippen molar-refractivity contribution < 1.29 is 14.3 Å². The second kappa shape index (κ2) is 6.47. The van der Waals surface area contributed by atoms with E-state index in [1.807, 2.05) is 6.92 Å². The van der Waals surface area contributed by atoms with Gasteiger partial charge in [0, 0.05) is 11.9 Å². The molecule has 0 bridgehead atoms. The van der Waals surface area contributed by atoms with Crippen LogP contribution in [-0.2, 0) is 11.3 Å². The molecule has 0 spiro atoms. The summed E-state index contributed by atoms with van der Waals surface area (Å²) < 4.78 is 4.72. The van der Waals surface area contributed by atoms with Crippen LogP contribution >= 0.6 is 11.3 Å². The third-order valence-electron chi connectivity index (χ3n) is 2.79. The van der Waals surface area contributed by atoms with Gasteiger partial charge in [0.2, 0.25) is 0 Å². The summed E-state index contributed by atoms with van der Waals surface area (Å²) in [6.45, 7) is 2.14. The Hall–Kier alpha value is -2.25. The first kappa shape index (κ1) is 15.1. The summed E-state index contributed by atoms with van der Waals surface area (Å²) in [7, 11) is 1.30. The van der Waals surface area contributed by atoms with Gasteiger partial charge >= 0.3 is 5.97 Å². The number of nitrogens with zero attached hydrogens (tertiary/aromatic N) is 1. The van der Waals surface area contributed by atoms with Gasteiger partial charge in [0.15, 0.2) is 0 Å². The van der Waals surface area contributed by atoms with Crippen molar-refractivity contribution in [2.75, 3.05) is 12.4 Å². The van der Waals surface area contributed by atoms with E-state index < -0.39 is 5.97 Å². The summed E-state index contributed by atoms with van der Waals surface area (Å²) in [5.41, 5.74) is 7.33. The minimum atomic E-state index is -0.505. The molecule has 2 rings (SSSR count). The number of nitrogens with two attached hydrogens (primary N) is 1. The van der Waals surface area contributed by atoms with Gasteiger partial charge in [0.05, 0.1) is 18.4 Å². The van der Waals surface area contributed by atoms with Gasteiger partial charge in [-0.3, -0.25) is 4.79 Å². The highest BCUT2D eigenvalue weighted by atomic mass is 32.1. The molecule has 0 radical (unpaired) electrons. The van der Waals surface area contributed by atoms with E-state index in [2.05, 4.69) is 10.3 Å². The van der Waals surface area contributed by atoms with Gasteiger partial charge in [-0.05, 0) is 19.1 Å². The molecule has 7 heteroatoms. The van der Waals surface area contributed by atoms with E-state index >= 15 is 0 Å². The van der Waals surface area contributed by atoms with Crippen molar-refractivity contribution in [3.8, 4) is 0 Å². The fraction of sp³-hybridized carbons (Fsp3) is 0.214. The van der Waals surface area contributed by atoms with Gasteiger partial charge in [-0.25, -0.2) is 9.78 Å². The van der Waals surface area contributed by atoms with Crippen molar-refractivity contribution >= 4 is 28.9 Å². The van der Waals surface area contributed by atoms with Crippen molar-refractivity contribution in [1.82, 2.24) is 4.98 Å². The second-order valence-corrected chi connectivity index (χ2v) is 5.27. The first-order valence-electron chi connectivity index (χ1n) is 6.20. The maximum Gasteiger partial charge on any atom is 0.339 e. The maximum atomic E-state index is 12.1. The standard InChI is InChI=1S/C14H15N3O3S/c1-8-3-4-10(9(5-8)14(19)20-2)17-13(18)11-7-21-12(6-15)16-11/h3-5,7H,6,15H2,1-2H3,(H,17,18). The minimum absolute atomic E-state index is 0.275. The van der Waals surface area contributed by atoms with Crippen molar-refractivity contribution in [2.45, 2.75) is 13.5 Å². The van der Waals surface area contributed by atoms with Crippen LogP contribution in [0.4, 0.5) is 5.69 Å². The Balaban J connectivity index is 2.26. The summed E-state index contributed by atoms with van der Waals surface area (Å²) in [6, 6.07) is 5.12. The zero-order valence-corrected chi connectivity index (χ0v) is 12.5. The Morgan fingerprint density at radius 2 is 2.19 bits per heavy atom. The summed E-state index contributed by atoms with van der Waals surface area (Å²) >= 11 is 1.32. The third-order valence-corrected chi connectivity index (χ3v) is 3.66. The highest BCUT2D eigenvalue weighted by Crippen LogP contribution is 2.20. The molecule has 1 aromatic heterocycles. The number of anilines is 1. The van der Waals surface area contributed by atoms with Crippen LogP contribution < -0.4 is 11.1 Å². The molecule has 1 amide bonds. The van der Waals surface area contributed by atoms with Gasteiger partial charge in [-0.1, -0.05) is 11.6 Å². The second-order valence-electron chi connectivity index (χ2n) is 4.33. The molecule has 0 aliphatic heterocycles. The van der Waals surface area contributed by atoms with Crippen LogP contribution in [0.3, 0.4) is 0 Å². The molecule has 21 heavy (non-hydrogen) atoms. The molecule has 0 saturated carbocycles. The number of hydrogen-bond acceptors (Lipinski definition) is 6. The average Bonchev–Trinajstić information content (AvgIpc) is 2.97. The number of aromatic nitrogens is 1. The normalized spacial score (nSPS) is 10.2. The van der Waals surface area contributed by atoms with Gasteiger partial charge < -0.3 is 15.8 Å². The summed E-state index contributed by atoms with van der Waals surface area (Å²) in [4.78, 5) is 28.0. The van der Waals surface area contributed by atoms with Crippen molar-refractivity contribution in [2.24, 2.45) is 5.73 Å². The smallest absolute Gasteiger partial charge is 0.339 e. The molecule has 0 atom stereocenters. The zero-order chi connectivity index (χ0) is 15.4. The van der Waals surface area contributed by atoms with Crippen LogP contribution in [0.5, 0.6) is 0 Å². The number of esters is 1. The highest BCUT2D eigenvalue weighted by Gasteiger charge is 2.16. The lowest BCUT2D eigenvalue weighted by atomic mass is 10.1. The zero-order valence-electron chi connectivity index (χ0n) is 11.7. The summed E-state index contributed by atoms with van der Waals surface area (Å²) in [5, 5.41) is 4.98.